The van der Waals surface area contributed by atoms with E-state index in [-0.39, 0.29) is 5.41 Å². The standard InChI is InChI=1S/C14H13ClIN/c15-13-10-3-6-14(4-1-2-5-14)12(10)9(8-17)7-11(13)16/h7H,1-6H2. The lowest BCUT2D eigenvalue weighted by Gasteiger charge is -2.25. The summed E-state index contributed by atoms with van der Waals surface area (Å²) in [5.41, 5.74) is 3.71. The molecule has 1 saturated carbocycles. The van der Waals surface area contributed by atoms with Crippen LogP contribution in [-0.2, 0) is 11.8 Å². The Morgan fingerprint density at radius 2 is 2.00 bits per heavy atom. The van der Waals surface area contributed by atoms with Crippen molar-refractivity contribution in [1.82, 2.24) is 0 Å². The Hall–Kier alpha value is -0.270. The molecule has 88 valence electrons. The van der Waals surface area contributed by atoms with Gasteiger partial charge in [-0.15, -0.1) is 0 Å². The molecule has 1 aromatic carbocycles. The van der Waals surface area contributed by atoms with E-state index >= 15 is 0 Å². The van der Waals surface area contributed by atoms with E-state index in [9.17, 15) is 5.26 Å². The minimum absolute atomic E-state index is 0.286. The first-order valence-corrected chi connectivity index (χ1v) is 7.55. The largest absolute Gasteiger partial charge is 0.192 e. The van der Waals surface area contributed by atoms with Crippen molar-refractivity contribution in [1.29, 1.82) is 5.26 Å². The molecule has 2 aliphatic rings. The molecule has 17 heavy (non-hydrogen) atoms. The molecule has 0 saturated heterocycles. The minimum atomic E-state index is 0.286. The highest BCUT2D eigenvalue weighted by atomic mass is 127. The van der Waals surface area contributed by atoms with Gasteiger partial charge in [0.15, 0.2) is 0 Å². The van der Waals surface area contributed by atoms with Gasteiger partial charge in [0.05, 0.1) is 16.7 Å². The molecule has 1 aromatic rings. The molecule has 1 nitrogen and oxygen atoms in total. The Bertz CT molecular complexity index is 524. The summed E-state index contributed by atoms with van der Waals surface area (Å²) in [4.78, 5) is 0. The number of rotatable bonds is 0. The van der Waals surface area contributed by atoms with Gasteiger partial charge in [-0.05, 0) is 70.9 Å². The van der Waals surface area contributed by atoms with Gasteiger partial charge in [-0.3, -0.25) is 0 Å². The molecule has 0 N–H and O–H groups in total. The van der Waals surface area contributed by atoms with Crippen LogP contribution in [0.5, 0.6) is 0 Å². The molecule has 3 heteroatoms. The molecule has 0 atom stereocenters. The van der Waals surface area contributed by atoms with Crippen LogP contribution in [0.25, 0.3) is 0 Å². The van der Waals surface area contributed by atoms with E-state index in [0.717, 1.165) is 20.6 Å². The highest BCUT2D eigenvalue weighted by molar-refractivity contribution is 14.1. The lowest BCUT2D eigenvalue weighted by atomic mass is 9.78. The molecular formula is C14H13ClIN. The molecule has 0 amide bonds. The van der Waals surface area contributed by atoms with Gasteiger partial charge >= 0.3 is 0 Å². The summed E-state index contributed by atoms with van der Waals surface area (Å²) in [6, 6.07) is 4.35. The fourth-order valence-electron chi connectivity index (χ4n) is 3.65. The topological polar surface area (TPSA) is 23.8 Å². The predicted octanol–water partition coefficient (Wildman–Crippen LogP) is 4.57. The van der Waals surface area contributed by atoms with Crippen molar-refractivity contribution < 1.29 is 0 Å². The van der Waals surface area contributed by atoms with Crippen LogP contribution < -0.4 is 0 Å². The van der Waals surface area contributed by atoms with Gasteiger partial charge < -0.3 is 0 Å². The molecule has 0 radical (unpaired) electrons. The first-order chi connectivity index (χ1) is 8.18. The second kappa shape index (κ2) is 4.13. The third kappa shape index (κ3) is 1.62. The Balaban J connectivity index is 2.27. The molecule has 1 spiro atoms. The number of fused-ring (bicyclic) bond motifs is 2. The summed E-state index contributed by atoms with van der Waals surface area (Å²) in [5.74, 6) is 0. The van der Waals surface area contributed by atoms with Gasteiger partial charge in [-0.2, -0.15) is 5.26 Å². The summed E-state index contributed by atoms with van der Waals surface area (Å²) in [6.07, 6.45) is 7.33. The van der Waals surface area contributed by atoms with Gasteiger partial charge in [-0.25, -0.2) is 0 Å². The van der Waals surface area contributed by atoms with Crippen molar-refractivity contribution in [3.8, 4) is 6.07 Å². The molecule has 0 unspecified atom stereocenters. The van der Waals surface area contributed by atoms with E-state index < -0.39 is 0 Å². The van der Waals surface area contributed by atoms with Gasteiger partial charge in [0, 0.05) is 3.57 Å². The molecule has 0 aromatic heterocycles. The quantitative estimate of drug-likeness (QED) is 0.624. The fraction of sp³-hybridized carbons (Fsp3) is 0.500. The van der Waals surface area contributed by atoms with E-state index in [1.807, 2.05) is 6.07 Å². The van der Waals surface area contributed by atoms with Crippen LogP contribution in [0.4, 0.5) is 0 Å². The normalized spacial score (nSPS) is 20.5. The molecular weight excluding hydrogens is 345 g/mol. The van der Waals surface area contributed by atoms with Crippen LogP contribution in [-0.4, -0.2) is 0 Å². The Labute approximate surface area is 120 Å². The summed E-state index contributed by atoms with van der Waals surface area (Å²) < 4.78 is 1.02. The number of nitrogens with zero attached hydrogens (tertiary/aromatic N) is 1. The predicted molar refractivity (Wildman–Crippen MR) is 77.4 cm³/mol. The van der Waals surface area contributed by atoms with E-state index in [1.54, 1.807) is 0 Å². The molecule has 0 aliphatic heterocycles. The first-order valence-electron chi connectivity index (χ1n) is 6.09. The highest BCUT2D eigenvalue weighted by Gasteiger charge is 2.43. The van der Waals surface area contributed by atoms with Gasteiger partial charge in [0.2, 0.25) is 0 Å². The average Bonchev–Trinajstić information content (AvgIpc) is 2.94. The van der Waals surface area contributed by atoms with E-state index in [2.05, 4.69) is 28.7 Å². The van der Waals surface area contributed by atoms with Gasteiger partial charge in [0.1, 0.15) is 0 Å². The maximum absolute atomic E-state index is 9.36. The fourth-order valence-corrected chi connectivity index (χ4v) is 4.53. The smallest absolute Gasteiger partial charge is 0.0995 e. The molecule has 2 aliphatic carbocycles. The SMILES string of the molecule is N#Cc1cc(I)c(Cl)c2c1C1(CCCC1)CC2. The maximum Gasteiger partial charge on any atom is 0.0995 e. The van der Waals surface area contributed by atoms with Crippen molar-refractivity contribution in [2.75, 3.05) is 0 Å². The van der Waals surface area contributed by atoms with Crippen LogP contribution in [0, 0.1) is 14.9 Å². The summed E-state index contributed by atoms with van der Waals surface area (Å²) in [5, 5.41) is 10.3. The third-order valence-electron chi connectivity index (χ3n) is 4.38. The second-order valence-corrected chi connectivity index (χ2v) is 6.71. The van der Waals surface area contributed by atoms with Crippen LogP contribution >= 0.6 is 34.2 Å². The van der Waals surface area contributed by atoms with E-state index in [4.69, 9.17) is 11.6 Å². The van der Waals surface area contributed by atoms with Crippen molar-refractivity contribution in [3.05, 3.63) is 31.3 Å². The van der Waals surface area contributed by atoms with Gasteiger partial charge in [-0.1, -0.05) is 24.4 Å². The van der Waals surface area contributed by atoms with Gasteiger partial charge in [0.25, 0.3) is 0 Å². The molecule has 3 rings (SSSR count). The van der Waals surface area contributed by atoms with Crippen LogP contribution in [0.15, 0.2) is 6.07 Å². The number of halogens is 2. The van der Waals surface area contributed by atoms with Crippen molar-refractivity contribution in [2.45, 2.75) is 43.9 Å². The maximum atomic E-state index is 9.36. The second-order valence-electron chi connectivity index (χ2n) is 5.17. The Morgan fingerprint density at radius 3 is 2.65 bits per heavy atom. The zero-order valence-electron chi connectivity index (χ0n) is 9.52. The van der Waals surface area contributed by atoms with Crippen molar-refractivity contribution in [2.24, 2.45) is 0 Å². The Morgan fingerprint density at radius 1 is 1.29 bits per heavy atom. The van der Waals surface area contributed by atoms with Crippen molar-refractivity contribution >= 4 is 34.2 Å². The third-order valence-corrected chi connectivity index (χ3v) is 5.98. The summed E-state index contributed by atoms with van der Waals surface area (Å²) >= 11 is 8.65. The minimum Gasteiger partial charge on any atom is -0.192 e. The number of nitriles is 1. The lowest BCUT2D eigenvalue weighted by Crippen LogP contribution is -2.19. The number of benzene rings is 1. The number of hydrogen-bond donors (Lipinski definition) is 0. The average molecular weight is 358 g/mol. The zero-order valence-corrected chi connectivity index (χ0v) is 12.4. The molecule has 1 fully saturated rings. The molecule has 0 bridgehead atoms. The first kappa shape index (κ1) is 11.8. The Kier molecular flexibility index (Phi) is 2.87. The number of hydrogen-bond acceptors (Lipinski definition) is 1. The summed E-state index contributed by atoms with van der Waals surface area (Å²) in [7, 11) is 0. The zero-order chi connectivity index (χ0) is 12.0. The van der Waals surface area contributed by atoms with Crippen LogP contribution in [0.1, 0.15) is 48.8 Å². The van der Waals surface area contributed by atoms with Crippen LogP contribution in [0.2, 0.25) is 5.02 Å². The molecule has 0 heterocycles. The lowest BCUT2D eigenvalue weighted by molar-refractivity contribution is 0.438. The van der Waals surface area contributed by atoms with E-state index in [1.165, 1.54) is 43.2 Å². The highest BCUT2D eigenvalue weighted by Crippen LogP contribution is 2.53. The summed E-state index contributed by atoms with van der Waals surface area (Å²) in [6.45, 7) is 0. The van der Waals surface area contributed by atoms with E-state index in [0.29, 0.717) is 0 Å². The van der Waals surface area contributed by atoms with Crippen molar-refractivity contribution in [3.63, 3.8) is 0 Å². The monoisotopic (exact) mass is 357 g/mol. The van der Waals surface area contributed by atoms with Crippen LogP contribution in [0.3, 0.4) is 0 Å².